The van der Waals surface area contributed by atoms with Crippen molar-refractivity contribution in [1.29, 1.82) is 0 Å². The first-order valence-electron chi connectivity index (χ1n) is 11.7. The SMILES string of the molecule is Cc1ccc([N+](=O)[O-])cc1N1C(=O)C2C(C1=O)C(C(=O)c1ccccc1)N1c3ccccc3C=CC21. The van der Waals surface area contributed by atoms with E-state index in [1.165, 1.54) is 18.2 Å². The Morgan fingerprint density at radius 1 is 0.889 bits per heavy atom. The predicted molar refractivity (Wildman–Crippen MR) is 134 cm³/mol. The molecule has 6 rings (SSSR count). The van der Waals surface area contributed by atoms with Gasteiger partial charge >= 0.3 is 0 Å². The molecule has 2 saturated heterocycles. The van der Waals surface area contributed by atoms with E-state index in [1.54, 1.807) is 31.2 Å². The summed E-state index contributed by atoms with van der Waals surface area (Å²) in [5, 5.41) is 11.4. The van der Waals surface area contributed by atoms with Crippen molar-refractivity contribution < 1.29 is 19.3 Å². The lowest BCUT2D eigenvalue weighted by atomic mass is 9.86. The van der Waals surface area contributed by atoms with Crippen LogP contribution in [0, 0.1) is 28.9 Å². The number of hydrogen-bond acceptors (Lipinski definition) is 6. The normalized spacial score (nSPS) is 23.9. The van der Waals surface area contributed by atoms with Gasteiger partial charge in [0.1, 0.15) is 6.04 Å². The van der Waals surface area contributed by atoms with Crippen LogP contribution in [0.5, 0.6) is 0 Å². The number of nitro groups is 1. The van der Waals surface area contributed by atoms with Crippen LogP contribution in [0.25, 0.3) is 6.08 Å². The van der Waals surface area contributed by atoms with Crippen molar-refractivity contribution in [1.82, 2.24) is 0 Å². The maximum Gasteiger partial charge on any atom is 0.271 e. The van der Waals surface area contributed by atoms with Gasteiger partial charge in [-0.2, -0.15) is 0 Å². The van der Waals surface area contributed by atoms with Crippen LogP contribution in [0.2, 0.25) is 0 Å². The van der Waals surface area contributed by atoms with Gasteiger partial charge in [-0.05, 0) is 24.1 Å². The number of carbonyl (C=O) groups excluding carboxylic acids is 3. The molecule has 4 unspecified atom stereocenters. The number of nitrogens with zero attached hydrogens (tertiary/aromatic N) is 3. The number of amides is 2. The molecule has 3 aliphatic heterocycles. The molecule has 0 aromatic heterocycles. The van der Waals surface area contributed by atoms with Gasteiger partial charge in [0, 0.05) is 23.4 Å². The van der Waals surface area contributed by atoms with Crippen LogP contribution >= 0.6 is 0 Å². The van der Waals surface area contributed by atoms with Crippen LogP contribution in [0.4, 0.5) is 17.1 Å². The Labute approximate surface area is 206 Å². The summed E-state index contributed by atoms with van der Waals surface area (Å²) in [6.07, 6.45) is 3.80. The van der Waals surface area contributed by atoms with Crippen LogP contribution in [0.15, 0.2) is 78.9 Å². The summed E-state index contributed by atoms with van der Waals surface area (Å²) in [5.41, 5.74) is 2.71. The van der Waals surface area contributed by atoms with Crippen molar-refractivity contribution in [2.24, 2.45) is 11.8 Å². The van der Waals surface area contributed by atoms with Crippen molar-refractivity contribution >= 4 is 40.7 Å². The summed E-state index contributed by atoms with van der Waals surface area (Å²) in [7, 11) is 0. The minimum atomic E-state index is -0.926. The topological polar surface area (TPSA) is 101 Å². The maximum absolute atomic E-state index is 14.0. The number of rotatable bonds is 4. The molecule has 0 saturated carbocycles. The molecule has 0 radical (unpaired) electrons. The highest BCUT2D eigenvalue weighted by Gasteiger charge is 2.64. The maximum atomic E-state index is 14.0. The zero-order chi connectivity index (χ0) is 25.1. The number of ketones is 1. The number of hydrogen-bond donors (Lipinski definition) is 0. The third-order valence-electron chi connectivity index (χ3n) is 7.39. The highest BCUT2D eigenvalue weighted by atomic mass is 16.6. The fraction of sp³-hybridized carbons (Fsp3) is 0.179. The lowest BCUT2D eigenvalue weighted by Gasteiger charge is -2.36. The smallest absolute Gasteiger partial charge is 0.271 e. The second-order valence-electron chi connectivity index (χ2n) is 9.28. The summed E-state index contributed by atoms with van der Waals surface area (Å²) in [6.45, 7) is 1.70. The molecule has 2 fully saturated rings. The highest BCUT2D eigenvalue weighted by Crippen LogP contribution is 2.50. The van der Waals surface area contributed by atoms with E-state index in [4.69, 9.17) is 0 Å². The first-order chi connectivity index (χ1) is 17.4. The first kappa shape index (κ1) is 21.9. The van der Waals surface area contributed by atoms with Crippen molar-refractivity contribution in [3.8, 4) is 0 Å². The molecular weight excluding hydrogens is 458 g/mol. The number of para-hydroxylation sites is 1. The Morgan fingerprint density at radius 2 is 1.58 bits per heavy atom. The number of benzene rings is 3. The number of fused-ring (bicyclic) bond motifs is 5. The number of Topliss-reactive ketones (excluding diaryl/α,β-unsaturated/α-hetero) is 1. The van der Waals surface area contributed by atoms with Gasteiger partial charge in [0.2, 0.25) is 11.8 Å². The predicted octanol–water partition coefficient (Wildman–Crippen LogP) is 4.18. The molecule has 178 valence electrons. The Balaban J connectivity index is 1.50. The van der Waals surface area contributed by atoms with Crippen LogP contribution in [0.3, 0.4) is 0 Å². The molecule has 2 amide bonds. The Morgan fingerprint density at radius 3 is 2.33 bits per heavy atom. The second kappa shape index (κ2) is 7.98. The van der Waals surface area contributed by atoms with Crippen LogP contribution < -0.4 is 9.80 Å². The average molecular weight is 479 g/mol. The third-order valence-corrected chi connectivity index (χ3v) is 7.39. The second-order valence-corrected chi connectivity index (χ2v) is 9.28. The van der Waals surface area contributed by atoms with Gasteiger partial charge in [0.25, 0.3) is 5.69 Å². The highest BCUT2D eigenvalue weighted by molar-refractivity contribution is 6.26. The molecule has 0 N–H and O–H groups in total. The molecule has 4 atom stereocenters. The molecule has 8 nitrogen and oxygen atoms in total. The Hall–Kier alpha value is -4.59. The van der Waals surface area contributed by atoms with E-state index in [9.17, 15) is 24.5 Å². The van der Waals surface area contributed by atoms with E-state index in [1.807, 2.05) is 47.4 Å². The van der Waals surface area contributed by atoms with E-state index in [0.29, 0.717) is 11.1 Å². The van der Waals surface area contributed by atoms with Gasteiger partial charge in [-0.15, -0.1) is 0 Å². The molecule has 0 bridgehead atoms. The van der Waals surface area contributed by atoms with E-state index < -0.39 is 40.7 Å². The van der Waals surface area contributed by atoms with Crippen molar-refractivity contribution in [3.05, 3.63) is 106 Å². The number of imide groups is 1. The molecular formula is C28H21N3O5. The lowest BCUT2D eigenvalue weighted by Crippen LogP contribution is -2.49. The first-order valence-corrected chi connectivity index (χ1v) is 11.7. The zero-order valence-electron chi connectivity index (χ0n) is 19.3. The largest absolute Gasteiger partial charge is 0.352 e. The van der Waals surface area contributed by atoms with Crippen LogP contribution in [-0.2, 0) is 9.59 Å². The van der Waals surface area contributed by atoms with Gasteiger partial charge in [0.15, 0.2) is 5.78 Å². The average Bonchev–Trinajstić information content (AvgIpc) is 3.37. The summed E-state index contributed by atoms with van der Waals surface area (Å²) >= 11 is 0. The number of non-ortho nitro benzene ring substituents is 1. The standard InChI is InChI=1S/C28H21N3O5/c1-16-11-13-19(31(35)36)15-22(16)30-27(33)23-21-14-12-17-7-5-6-10-20(17)29(21)25(24(23)28(30)34)26(32)18-8-3-2-4-9-18/h2-15,21,23-25H,1H3. The summed E-state index contributed by atoms with van der Waals surface area (Å²) in [4.78, 5) is 55.6. The molecule has 3 aliphatic rings. The van der Waals surface area contributed by atoms with Gasteiger partial charge in [-0.1, -0.05) is 66.7 Å². The summed E-state index contributed by atoms with van der Waals surface area (Å²) in [5.74, 6) is -2.92. The molecule has 0 spiro atoms. The number of nitro benzene ring substituents is 1. The van der Waals surface area contributed by atoms with Gasteiger partial charge < -0.3 is 4.90 Å². The van der Waals surface area contributed by atoms with Gasteiger partial charge in [-0.25, -0.2) is 4.90 Å². The number of anilines is 2. The van der Waals surface area contributed by atoms with E-state index >= 15 is 0 Å². The van der Waals surface area contributed by atoms with E-state index in [0.717, 1.165) is 16.2 Å². The van der Waals surface area contributed by atoms with Crippen molar-refractivity contribution in [3.63, 3.8) is 0 Å². The quantitative estimate of drug-likeness (QED) is 0.241. The molecule has 0 aliphatic carbocycles. The summed E-state index contributed by atoms with van der Waals surface area (Å²) in [6, 6.07) is 19.1. The minimum absolute atomic E-state index is 0.186. The molecule has 3 heterocycles. The third kappa shape index (κ3) is 3.04. The van der Waals surface area contributed by atoms with Crippen molar-refractivity contribution in [2.75, 3.05) is 9.80 Å². The van der Waals surface area contributed by atoms with Crippen LogP contribution in [-0.4, -0.2) is 34.6 Å². The molecule has 3 aromatic carbocycles. The fourth-order valence-electron chi connectivity index (χ4n) is 5.78. The number of carbonyl (C=O) groups is 3. The fourth-order valence-corrected chi connectivity index (χ4v) is 5.78. The lowest BCUT2D eigenvalue weighted by molar-refractivity contribution is -0.384. The monoisotopic (exact) mass is 479 g/mol. The summed E-state index contributed by atoms with van der Waals surface area (Å²) < 4.78 is 0. The molecule has 36 heavy (non-hydrogen) atoms. The van der Waals surface area contributed by atoms with Crippen molar-refractivity contribution in [2.45, 2.75) is 19.0 Å². The number of aryl methyl sites for hydroxylation is 1. The zero-order valence-corrected chi connectivity index (χ0v) is 19.3. The Bertz CT molecular complexity index is 1480. The van der Waals surface area contributed by atoms with E-state index in [-0.39, 0.29) is 17.2 Å². The Kier molecular flexibility index (Phi) is 4.86. The van der Waals surface area contributed by atoms with E-state index in [2.05, 4.69) is 0 Å². The van der Waals surface area contributed by atoms with Gasteiger partial charge in [-0.3, -0.25) is 24.5 Å². The van der Waals surface area contributed by atoms with Crippen LogP contribution in [0.1, 0.15) is 21.5 Å². The van der Waals surface area contributed by atoms with Gasteiger partial charge in [0.05, 0.1) is 28.5 Å². The minimum Gasteiger partial charge on any atom is -0.352 e. The molecule has 3 aromatic rings. The molecule has 8 heteroatoms.